The topological polar surface area (TPSA) is 52.9 Å². The fraction of sp³-hybridized carbons (Fsp3) is 0.500. The fourth-order valence-corrected chi connectivity index (χ4v) is 1.06. The lowest BCUT2D eigenvalue weighted by Crippen LogP contribution is -2.29. The van der Waals surface area contributed by atoms with E-state index < -0.39 is 5.97 Å². The van der Waals surface area contributed by atoms with Gasteiger partial charge in [-0.3, -0.25) is 0 Å². The minimum Gasteiger partial charge on any atom is -0.478 e. The second-order valence-corrected chi connectivity index (χ2v) is 2.69. The van der Waals surface area contributed by atoms with Crippen molar-refractivity contribution in [1.82, 2.24) is 4.90 Å². The maximum Gasteiger partial charge on any atom is 0.334 e. The zero-order valence-corrected chi connectivity index (χ0v) is 7.03. The smallest absolute Gasteiger partial charge is 0.334 e. The van der Waals surface area contributed by atoms with Crippen LogP contribution in [0.25, 0.3) is 0 Å². The number of carboxylic acids is 1. The predicted octanol–water partition coefficient (Wildman–Crippen LogP) is 0.709. The number of aliphatic imine (C=N–C) groups is 1. The summed E-state index contributed by atoms with van der Waals surface area (Å²) in [5.41, 5.74) is 0.353. The Labute approximate surface area is 71.2 Å². The predicted molar refractivity (Wildman–Crippen MR) is 46.1 cm³/mol. The fourth-order valence-electron chi connectivity index (χ4n) is 1.06. The van der Waals surface area contributed by atoms with E-state index in [9.17, 15) is 4.79 Å². The molecule has 0 bridgehead atoms. The number of carboxylic acid groups (broad SMARTS) is 1. The molecule has 0 saturated heterocycles. The number of rotatable bonds is 3. The highest BCUT2D eigenvalue weighted by Crippen LogP contribution is 2.04. The van der Waals surface area contributed by atoms with Crippen LogP contribution in [0.5, 0.6) is 0 Å². The van der Waals surface area contributed by atoms with Gasteiger partial charge in [0.05, 0.1) is 18.5 Å². The summed E-state index contributed by atoms with van der Waals surface area (Å²) >= 11 is 0. The second-order valence-electron chi connectivity index (χ2n) is 2.69. The average molecular weight is 168 g/mol. The van der Waals surface area contributed by atoms with Crippen LogP contribution in [0.4, 0.5) is 0 Å². The lowest BCUT2D eigenvalue weighted by Gasteiger charge is -2.20. The molecular weight excluding hydrogens is 156 g/mol. The second kappa shape index (κ2) is 3.90. The third-order valence-corrected chi connectivity index (χ3v) is 1.62. The molecule has 66 valence electrons. The normalized spacial score (nSPS) is 16.1. The minimum atomic E-state index is -0.882. The molecule has 0 fully saturated rings. The molecule has 0 aromatic rings. The number of nitrogens with zero attached hydrogens (tertiary/aromatic N) is 2. The van der Waals surface area contributed by atoms with Crippen LogP contribution >= 0.6 is 0 Å². The summed E-state index contributed by atoms with van der Waals surface area (Å²) in [6.07, 6.45) is 4.07. The van der Waals surface area contributed by atoms with E-state index in [1.165, 1.54) is 6.20 Å². The van der Waals surface area contributed by atoms with Gasteiger partial charge in [0.1, 0.15) is 0 Å². The first-order valence-electron chi connectivity index (χ1n) is 3.93. The monoisotopic (exact) mass is 168 g/mol. The molecule has 0 unspecified atom stereocenters. The van der Waals surface area contributed by atoms with E-state index in [0.717, 1.165) is 13.0 Å². The lowest BCUT2D eigenvalue weighted by atomic mass is 10.2. The molecule has 1 heterocycles. The highest BCUT2D eigenvalue weighted by Gasteiger charge is 2.12. The Hall–Kier alpha value is -1.32. The molecule has 0 saturated carbocycles. The van der Waals surface area contributed by atoms with Crippen LogP contribution in [-0.4, -0.2) is 35.4 Å². The molecule has 1 aliphatic rings. The van der Waals surface area contributed by atoms with Crippen molar-refractivity contribution in [2.75, 3.05) is 13.1 Å². The van der Waals surface area contributed by atoms with Gasteiger partial charge < -0.3 is 10.0 Å². The van der Waals surface area contributed by atoms with Gasteiger partial charge in [0, 0.05) is 12.7 Å². The molecule has 4 nitrogen and oxygen atoms in total. The summed E-state index contributed by atoms with van der Waals surface area (Å²) in [6, 6.07) is 0. The SMILES string of the molecule is CCCN1C=NC=C(C(=O)O)C1. The standard InChI is InChI=1S/C8H12N2O2/c1-2-3-10-5-7(8(11)12)4-9-6-10/h4,6H,2-3,5H2,1H3,(H,11,12). The first-order chi connectivity index (χ1) is 5.74. The molecule has 0 spiro atoms. The zero-order valence-electron chi connectivity index (χ0n) is 7.03. The third kappa shape index (κ3) is 2.08. The van der Waals surface area contributed by atoms with Gasteiger partial charge in [0.2, 0.25) is 0 Å². The van der Waals surface area contributed by atoms with Crippen molar-refractivity contribution in [2.24, 2.45) is 4.99 Å². The van der Waals surface area contributed by atoms with Crippen LogP contribution in [0.1, 0.15) is 13.3 Å². The molecule has 1 aliphatic heterocycles. The molecular formula is C8H12N2O2. The summed E-state index contributed by atoms with van der Waals surface area (Å²) in [6.45, 7) is 3.37. The Bertz CT molecular complexity index is 233. The van der Waals surface area contributed by atoms with E-state index in [0.29, 0.717) is 12.1 Å². The number of hydrogen-bond acceptors (Lipinski definition) is 3. The van der Waals surface area contributed by atoms with E-state index in [1.807, 2.05) is 11.8 Å². The van der Waals surface area contributed by atoms with Gasteiger partial charge in [-0.1, -0.05) is 6.92 Å². The van der Waals surface area contributed by atoms with E-state index in [-0.39, 0.29) is 0 Å². The Morgan fingerprint density at radius 1 is 1.83 bits per heavy atom. The molecule has 1 rings (SSSR count). The highest BCUT2D eigenvalue weighted by molar-refractivity contribution is 5.88. The van der Waals surface area contributed by atoms with Gasteiger partial charge in [0.15, 0.2) is 0 Å². The average Bonchev–Trinajstić information content (AvgIpc) is 2.05. The molecule has 12 heavy (non-hydrogen) atoms. The Kier molecular flexibility index (Phi) is 2.85. The van der Waals surface area contributed by atoms with E-state index >= 15 is 0 Å². The largest absolute Gasteiger partial charge is 0.478 e. The first kappa shape index (κ1) is 8.77. The van der Waals surface area contributed by atoms with Crippen LogP contribution < -0.4 is 0 Å². The van der Waals surface area contributed by atoms with Crippen LogP contribution in [0.15, 0.2) is 16.8 Å². The van der Waals surface area contributed by atoms with Crippen molar-refractivity contribution in [3.63, 3.8) is 0 Å². The van der Waals surface area contributed by atoms with Crippen molar-refractivity contribution in [2.45, 2.75) is 13.3 Å². The van der Waals surface area contributed by atoms with Crippen LogP contribution in [0, 0.1) is 0 Å². The summed E-state index contributed by atoms with van der Waals surface area (Å²) < 4.78 is 0. The van der Waals surface area contributed by atoms with Gasteiger partial charge in [-0.2, -0.15) is 0 Å². The van der Waals surface area contributed by atoms with E-state index in [4.69, 9.17) is 5.11 Å². The Balaban J connectivity index is 2.55. The van der Waals surface area contributed by atoms with Crippen molar-refractivity contribution in [1.29, 1.82) is 0 Å². The number of aliphatic carboxylic acids is 1. The molecule has 4 heteroatoms. The van der Waals surface area contributed by atoms with Crippen LogP contribution in [-0.2, 0) is 4.79 Å². The third-order valence-electron chi connectivity index (χ3n) is 1.62. The van der Waals surface area contributed by atoms with Crippen LogP contribution in [0.3, 0.4) is 0 Å². The number of carbonyl (C=O) groups is 1. The van der Waals surface area contributed by atoms with E-state index in [2.05, 4.69) is 4.99 Å². The van der Waals surface area contributed by atoms with Crippen molar-refractivity contribution in [3.05, 3.63) is 11.8 Å². The van der Waals surface area contributed by atoms with Gasteiger partial charge >= 0.3 is 5.97 Å². The number of hydrogen-bond donors (Lipinski definition) is 1. The van der Waals surface area contributed by atoms with E-state index in [1.54, 1.807) is 6.34 Å². The summed E-state index contributed by atoms with van der Waals surface area (Å²) in [7, 11) is 0. The van der Waals surface area contributed by atoms with Crippen molar-refractivity contribution < 1.29 is 9.90 Å². The summed E-state index contributed by atoms with van der Waals surface area (Å²) in [4.78, 5) is 16.3. The summed E-state index contributed by atoms with van der Waals surface area (Å²) in [5.74, 6) is -0.882. The molecule has 0 aromatic carbocycles. The molecule has 0 atom stereocenters. The summed E-state index contributed by atoms with van der Waals surface area (Å²) in [5, 5.41) is 8.66. The molecule has 0 radical (unpaired) electrons. The zero-order chi connectivity index (χ0) is 8.97. The van der Waals surface area contributed by atoms with Gasteiger partial charge in [0.25, 0.3) is 0 Å². The van der Waals surface area contributed by atoms with Gasteiger partial charge in [-0.25, -0.2) is 9.79 Å². The maximum absolute atomic E-state index is 10.5. The van der Waals surface area contributed by atoms with Gasteiger partial charge in [-0.15, -0.1) is 0 Å². The Morgan fingerprint density at radius 2 is 2.58 bits per heavy atom. The first-order valence-corrected chi connectivity index (χ1v) is 3.93. The lowest BCUT2D eigenvalue weighted by molar-refractivity contribution is -0.132. The molecule has 0 aromatic heterocycles. The molecule has 0 aliphatic carbocycles. The maximum atomic E-state index is 10.5. The highest BCUT2D eigenvalue weighted by atomic mass is 16.4. The minimum absolute atomic E-state index is 0.353. The van der Waals surface area contributed by atoms with Gasteiger partial charge in [-0.05, 0) is 6.42 Å². The van der Waals surface area contributed by atoms with Crippen LogP contribution in [0.2, 0.25) is 0 Å². The van der Waals surface area contributed by atoms with Crippen molar-refractivity contribution >= 4 is 12.3 Å². The quantitative estimate of drug-likeness (QED) is 0.675. The van der Waals surface area contributed by atoms with Crippen molar-refractivity contribution in [3.8, 4) is 0 Å². The molecule has 0 amide bonds. The Morgan fingerprint density at radius 3 is 3.17 bits per heavy atom. The molecule has 1 N–H and O–H groups in total.